The molecule has 1 aliphatic carbocycles. The van der Waals surface area contributed by atoms with E-state index in [1.54, 1.807) is 12.1 Å². The summed E-state index contributed by atoms with van der Waals surface area (Å²) in [5, 5.41) is 0.453. The van der Waals surface area contributed by atoms with Crippen LogP contribution in [0.2, 0.25) is 5.02 Å². The summed E-state index contributed by atoms with van der Waals surface area (Å²) >= 11 is 5.75. The average molecular weight is 398 g/mol. The molecule has 0 radical (unpaired) electrons. The molecule has 0 saturated heterocycles. The number of hydrogen-bond donors (Lipinski definition) is 1. The van der Waals surface area contributed by atoms with Gasteiger partial charge in [0, 0.05) is 6.04 Å². The van der Waals surface area contributed by atoms with Crippen LogP contribution in [0.4, 0.5) is 0 Å². The van der Waals surface area contributed by atoms with Crippen molar-refractivity contribution in [3.8, 4) is 11.8 Å². The first-order valence-corrected chi connectivity index (χ1v) is 10.1. The van der Waals surface area contributed by atoms with E-state index in [4.69, 9.17) is 21.1 Å². The van der Waals surface area contributed by atoms with Crippen LogP contribution in [0.1, 0.15) is 25.7 Å². The quantitative estimate of drug-likeness (QED) is 0.806. The van der Waals surface area contributed by atoms with E-state index in [1.807, 2.05) is 0 Å². The van der Waals surface area contributed by atoms with Gasteiger partial charge in [0.05, 0.1) is 29.4 Å². The molecule has 1 N–H and O–H groups in total. The Labute approximate surface area is 157 Å². The monoisotopic (exact) mass is 397 g/mol. The Kier molecular flexibility index (Phi) is 5.95. The molecule has 26 heavy (non-hydrogen) atoms. The molecule has 0 bridgehead atoms. The fourth-order valence-electron chi connectivity index (χ4n) is 2.85. The lowest BCUT2D eigenvalue weighted by atomic mass is 9.94. The molecule has 7 nitrogen and oxygen atoms in total. The zero-order valence-electron chi connectivity index (χ0n) is 14.3. The second-order valence-corrected chi connectivity index (χ2v) is 8.22. The summed E-state index contributed by atoms with van der Waals surface area (Å²) < 4.78 is 38.5. The zero-order chi connectivity index (χ0) is 18.6. The minimum absolute atomic E-state index is 0.0297. The van der Waals surface area contributed by atoms with E-state index in [2.05, 4.69) is 14.7 Å². The van der Waals surface area contributed by atoms with Gasteiger partial charge in [-0.2, -0.15) is 0 Å². The van der Waals surface area contributed by atoms with Gasteiger partial charge < -0.3 is 9.47 Å². The molecule has 9 heteroatoms. The average Bonchev–Trinajstić information content (AvgIpc) is 2.65. The number of ether oxygens (including phenoxy) is 2. The van der Waals surface area contributed by atoms with E-state index < -0.39 is 10.0 Å². The number of nitrogens with zero attached hydrogens (tertiary/aromatic N) is 2. The maximum absolute atomic E-state index is 12.5. The maximum Gasteiger partial charge on any atom is 0.316 e. The molecule has 2 aromatic rings. The minimum atomic E-state index is -3.55. The molecular weight excluding hydrogens is 378 g/mol. The van der Waals surface area contributed by atoms with Gasteiger partial charge in [-0.15, -0.1) is 0 Å². The van der Waals surface area contributed by atoms with Crippen LogP contribution in [0.25, 0.3) is 0 Å². The SMILES string of the molecule is COc1ccc(S(=O)(=O)NC2CCC(Oc3ncc(Cl)cn3)CC2)cc1. The van der Waals surface area contributed by atoms with Crippen LogP contribution in [0.15, 0.2) is 41.6 Å². The van der Waals surface area contributed by atoms with Gasteiger partial charge in [-0.25, -0.2) is 23.1 Å². The molecular formula is C17H20ClN3O4S. The highest BCUT2D eigenvalue weighted by molar-refractivity contribution is 7.89. The van der Waals surface area contributed by atoms with Crippen molar-refractivity contribution in [2.24, 2.45) is 0 Å². The Bertz CT molecular complexity index is 820. The van der Waals surface area contributed by atoms with E-state index in [0.717, 1.165) is 12.8 Å². The summed E-state index contributed by atoms with van der Waals surface area (Å²) in [6.07, 6.45) is 5.76. The number of hydrogen-bond acceptors (Lipinski definition) is 6. The molecule has 1 heterocycles. The van der Waals surface area contributed by atoms with E-state index in [-0.39, 0.29) is 23.1 Å². The Morgan fingerprint density at radius 1 is 1.08 bits per heavy atom. The van der Waals surface area contributed by atoms with Crippen molar-refractivity contribution in [3.05, 3.63) is 41.7 Å². The first-order chi connectivity index (χ1) is 12.5. The third kappa shape index (κ3) is 4.84. The highest BCUT2D eigenvalue weighted by atomic mass is 35.5. The molecule has 0 spiro atoms. The van der Waals surface area contributed by atoms with Gasteiger partial charge in [0.15, 0.2) is 0 Å². The normalized spacial score (nSPS) is 20.5. The summed E-state index contributed by atoms with van der Waals surface area (Å²) in [5.74, 6) is 0.617. The summed E-state index contributed by atoms with van der Waals surface area (Å²) in [7, 11) is -2.01. The smallest absolute Gasteiger partial charge is 0.316 e. The number of methoxy groups -OCH3 is 1. The lowest BCUT2D eigenvalue weighted by Gasteiger charge is -2.28. The molecule has 0 aliphatic heterocycles. The Balaban J connectivity index is 1.53. The van der Waals surface area contributed by atoms with Crippen molar-refractivity contribution in [1.82, 2.24) is 14.7 Å². The van der Waals surface area contributed by atoms with Gasteiger partial charge in [0.2, 0.25) is 10.0 Å². The Hall–Kier alpha value is -1.90. The van der Waals surface area contributed by atoms with Crippen LogP contribution in [-0.2, 0) is 10.0 Å². The third-order valence-corrected chi connectivity index (χ3v) is 5.97. The highest BCUT2D eigenvalue weighted by Gasteiger charge is 2.27. The molecule has 1 aromatic heterocycles. The van der Waals surface area contributed by atoms with E-state index in [1.165, 1.54) is 31.6 Å². The lowest BCUT2D eigenvalue weighted by Crippen LogP contribution is -2.39. The first kappa shape index (κ1) is 18.9. The Morgan fingerprint density at radius 3 is 2.27 bits per heavy atom. The first-order valence-electron chi connectivity index (χ1n) is 8.27. The molecule has 0 atom stereocenters. The highest BCUT2D eigenvalue weighted by Crippen LogP contribution is 2.24. The van der Waals surface area contributed by atoms with Gasteiger partial charge in [-0.3, -0.25) is 0 Å². The largest absolute Gasteiger partial charge is 0.497 e. The fraction of sp³-hybridized carbons (Fsp3) is 0.412. The molecule has 1 saturated carbocycles. The predicted molar refractivity (Wildman–Crippen MR) is 97.0 cm³/mol. The lowest BCUT2D eigenvalue weighted by molar-refractivity contribution is 0.132. The van der Waals surface area contributed by atoms with Crippen molar-refractivity contribution in [2.45, 2.75) is 42.7 Å². The van der Waals surface area contributed by atoms with Crippen molar-refractivity contribution in [3.63, 3.8) is 0 Å². The summed E-state index contributed by atoms with van der Waals surface area (Å²) in [5.41, 5.74) is 0. The summed E-state index contributed by atoms with van der Waals surface area (Å²) in [6, 6.07) is 6.50. The maximum atomic E-state index is 12.5. The van der Waals surface area contributed by atoms with Gasteiger partial charge in [0.1, 0.15) is 11.9 Å². The fourth-order valence-corrected chi connectivity index (χ4v) is 4.25. The number of aromatic nitrogens is 2. The minimum Gasteiger partial charge on any atom is -0.497 e. The standard InChI is InChI=1S/C17H20ClN3O4S/c1-24-14-6-8-16(9-7-14)26(22,23)21-13-2-4-15(5-3-13)25-17-19-10-12(18)11-20-17/h6-11,13,15,21H,2-5H2,1H3. The third-order valence-electron chi connectivity index (χ3n) is 4.23. The molecule has 1 fully saturated rings. The number of sulfonamides is 1. The van der Waals surface area contributed by atoms with Crippen LogP contribution in [0, 0.1) is 0 Å². The van der Waals surface area contributed by atoms with Crippen molar-refractivity contribution in [1.29, 1.82) is 0 Å². The molecule has 0 unspecified atom stereocenters. The van der Waals surface area contributed by atoms with E-state index in [0.29, 0.717) is 23.6 Å². The Morgan fingerprint density at radius 2 is 1.69 bits per heavy atom. The second-order valence-electron chi connectivity index (χ2n) is 6.07. The number of benzene rings is 1. The number of rotatable bonds is 6. The molecule has 140 valence electrons. The van der Waals surface area contributed by atoms with Crippen molar-refractivity contribution >= 4 is 21.6 Å². The predicted octanol–water partition coefficient (Wildman–Crippen LogP) is 2.81. The van der Waals surface area contributed by atoms with Crippen LogP contribution >= 0.6 is 11.6 Å². The molecule has 1 aromatic carbocycles. The van der Waals surface area contributed by atoms with Gasteiger partial charge in [-0.1, -0.05) is 11.6 Å². The zero-order valence-corrected chi connectivity index (χ0v) is 15.8. The van der Waals surface area contributed by atoms with Gasteiger partial charge in [0.25, 0.3) is 0 Å². The number of halogens is 1. The van der Waals surface area contributed by atoms with Crippen molar-refractivity contribution in [2.75, 3.05) is 7.11 Å². The van der Waals surface area contributed by atoms with Crippen LogP contribution in [0.3, 0.4) is 0 Å². The van der Waals surface area contributed by atoms with Crippen LogP contribution in [-0.4, -0.2) is 37.6 Å². The van der Waals surface area contributed by atoms with Crippen molar-refractivity contribution < 1.29 is 17.9 Å². The summed E-state index contributed by atoms with van der Waals surface area (Å²) in [4.78, 5) is 8.26. The summed E-state index contributed by atoms with van der Waals surface area (Å²) in [6.45, 7) is 0. The van der Waals surface area contributed by atoms with E-state index in [9.17, 15) is 8.42 Å². The second kappa shape index (κ2) is 8.20. The van der Waals surface area contributed by atoms with Gasteiger partial charge >= 0.3 is 6.01 Å². The number of nitrogens with one attached hydrogen (secondary N) is 1. The molecule has 0 amide bonds. The molecule has 3 rings (SSSR count). The van der Waals surface area contributed by atoms with Crippen LogP contribution < -0.4 is 14.2 Å². The van der Waals surface area contributed by atoms with Gasteiger partial charge in [-0.05, 0) is 49.9 Å². The van der Waals surface area contributed by atoms with E-state index >= 15 is 0 Å². The van der Waals surface area contributed by atoms with Crippen LogP contribution in [0.5, 0.6) is 11.8 Å². The molecule has 1 aliphatic rings. The topological polar surface area (TPSA) is 90.4 Å².